The minimum absolute atomic E-state index is 0.100. The number of nitrogens with one attached hydrogen (secondary N) is 1. The van der Waals surface area contributed by atoms with Crippen molar-refractivity contribution >= 4 is 16.8 Å². The van der Waals surface area contributed by atoms with Gasteiger partial charge in [0.2, 0.25) is 5.88 Å². The number of amides is 1. The Balaban J connectivity index is 1.44. The Morgan fingerprint density at radius 2 is 2.07 bits per heavy atom. The Morgan fingerprint density at radius 3 is 2.83 bits per heavy atom. The Morgan fingerprint density at radius 1 is 1.24 bits per heavy atom. The van der Waals surface area contributed by atoms with Gasteiger partial charge in [-0.05, 0) is 24.3 Å². The maximum atomic E-state index is 12.8. The molecule has 0 radical (unpaired) electrons. The van der Waals surface area contributed by atoms with Gasteiger partial charge in [0, 0.05) is 42.2 Å². The molecule has 1 aliphatic rings. The zero-order valence-electron chi connectivity index (χ0n) is 15.5. The Kier molecular flexibility index (Phi) is 4.81. The van der Waals surface area contributed by atoms with E-state index < -0.39 is 17.8 Å². The van der Waals surface area contributed by atoms with Gasteiger partial charge in [0.1, 0.15) is 17.5 Å². The fourth-order valence-corrected chi connectivity index (χ4v) is 3.35. The first-order valence-corrected chi connectivity index (χ1v) is 8.99. The van der Waals surface area contributed by atoms with Crippen molar-refractivity contribution < 1.29 is 27.4 Å². The van der Waals surface area contributed by atoms with Crippen molar-refractivity contribution in [3.05, 3.63) is 53.9 Å². The number of pyridine rings is 1. The standard InChI is InChI=1S/C20H18F3N3O3/c1-28-14-3-2-12-8-17(25-16(12)10-14)19(27)26-7-5-15(11-26)29-18-9-13(4-6-24-18)20(21,22)23/h2-4,6,8-10,15,25H,5,7,11H2,1H3/t15-/m0/s1. The second-order valence-corrected chi connectivity index (χ2v) is 6.80. The smallest absolute Gasteiger partial charge is 0.416 e. The number of hydrogen-bond acceptors (Lipinski definition) is 4. The summed E-state index contributed by atoms with van der Waals surface area (Å²) >= 11 is 0. The number of ether oxygens (including phenoxy) is 2. The molecule has 3 heterocycles. The maximum Gasteiger partial charge on any atom is 0.416 e. The van der Waals surface area contributed by atoms with Crippen molar-refractivity contribution in [2.45, 2.75) is 18.7 Å². The third kappa shape index (κ3) is 3.98. The van der Waals surface area contributed by atoms with Gasteiger partial charge in [0.15, 0.2) is 0 Å². The second-order valence-electron chi connectivity index (χ2n) is 6.80. The molecule has 6 nitrogen and oxygen atoms in total. The second kappa shape index (κ2) is 7.31. The SMILES string of the molecule is COc1ccc2cc(C(=O)N3CC[C@H](Oc4cc(C(F)(F)F)ccn4)C3)[nH]c2c1. The van der Waals surface area contributed by atoms with Gasteiger partial charge < -0.3 is 19.4 Å². The van der Waals surface area contributed by atoms with Gasteiger partial charge >= 0.3 is 6.18 Å². The van der Waals surface area contributed by atoms with Crippen LogP contribution in [0.15, 0.2) is 42.6 Å². The molecule has 2 aromatic heterocycles. The summed E-state index contributed by atoms with van der Waals surface area (Å²) in [5.41, 5.74) is 0.404. The van der Waals surface area contributed by atoms with Gasteiger partial charge in [0.05, 0.1) is 19.2 Å². The van der Waals surface area contributed by atoms with E-state index in [4.69, 9.17) is 9.47 Å². The van der Waals surface area contributed by atoms with E-state index in [-0.39, 0.29) is 18.3 Å². The molecule has 1 amide bonds. The van der Waals surface area contributed by atoms with Crippen molar-refractivity contribution in [1.82, 2.24) is 14.9 Å². The monoisotopic (exact) mass is 405 g/mol. The first kappa shape index (κ1) is 19.1. The van der Waals surface area contributed by atoms with Gasteiger partial charge in [-0.25, -0.2) is 4.98 Å². The average Bonchev–Trinajstić information content (AvgIpc) is 3.33. The molecule has 0 bridgehead atoms. The van der Waals surface area contributed by atoms with E-state index in [0.717, 1.165) is 29.2 Å². The Bertz CT molecular complexity index is 1050. The van der Waals surface area contributed by atoms with Gasteiger partial charge in [-0.1, -0.05) is 0 Å². The van der Waals surface area contributed by atoms with Gasteiger partial charge in [0.25, 0.3) is 5.91 Å². The van der Waals surface area contributed by atoms with Crippen molar-refractivity contribution in [1.29, 1.82) is 0 Å². The topological polar surface area (TPSA) is 67.4 Å². The van der Waals surface area contributed by atoms with Crippen LogP contribution >= 0.6 is 0 Å². The summed E-state index contributed by atoms with van der Waals surface area (Å²) in [6, 6.07) is 9.00. The minimum Gasteiger partial charge on any atom is -0.497 e. The summed E-state index contributed by atoms with van der Waals surface area (Å²) < 4.78 is 49.2. The van der Waals surface area contributed by atoms with Crippen LogP contribution in [0.2, 0.25) is 0 Å². The largest absolute Gasteiger partial charge is 0.497 e. The third-order valence-corrected chi connectivity index (χ3v) is 4.84. The number of fused-ring (bicyclic) bond motifs is 1. The number of hydrogen-bond donors (Lipinski definition) is 1. The summed E-state index contributed by atoms with van der Waals surface area (Å²) in [6.45, 7) is 0.719. The zero-order valence-corrected chi connectivity index (χ0v) is 15.5. The van der Waals surface area contributed by atoms with Crippen molar-refractivity contribution in [3.63, 3.8) is 0 Å². The average molecular weight is 405 g/mol. The molecule has 1 saturated heterocycles. The molecule has 29 heavy (non-hydrogen) atoms. The lowest BCUT2D eigenvalue weighted by atomic mass is 10.2. The number of halogens is 3. The lowest BCUT2D eigenvalue weighted by molar-refractivity contribution is -0.137. The highest BCUT2D eigenvalue weighted by molar-refractivity contribution is 5.98. The van der Waals surface area contributed by atoms with E-state index in [1.165, 1.54) is 0 Å². The van der Waals surface area contributed by atoms with E-state index in [1.54, 1.807) is 24.1 Å². The molecule has 9 heteroatoms. The molecule has 152 valence electrons. The first-order chi connectivity index (χ1) is 13.8. The highest BCUT2D eigenvalue weighted by atomic mass is 19.4. The molecule has 3 aromatic rings. The van der Waals surface area contributed by atoms with Crippen LogP contribution < -0.4 is 9.47 Å². The molecule has 1 aliphatic heterocycles. The van der Waals surface area contributed by atoms with Crippen LogP contribution in [0.5, 0.6) is 11.6 Å². The number of aromatic nitrogens is 2. The van der Waals surface area contributed by atoms with Crippen LogP contribution in [0.1, 0.15) is 22.5 Å². The van der Waals surface area contributed by atoms with E-state index in [1.807, 2.05) is 12.1 Å². The van der Waals surface area contributed by atoms with E-state index in [9.17, 15) is 18.0 Å². The fraction of sp³-hybridized carbons (Fsp3) is 0.300. The predicted molar refractivity (Wildman–Crippen MR) is 99.0 cm³/mol. The molecule has 0 unspecified atom stereocenters. The zero-order chi connectivity index (χ0) is 20.6. The first-order valence-electron chi connectivity index (χ1n) is 8.99. The Labute approximate surface area is 164 Å². The highest BCUT2D eigenvalue weighted by Gasteiger charge is 2.32. The van der Waals surface area contributed by atoms with Crippen LogP contribution in [0.3, 0.4) is 0 Å². The van der Waals surface area contributed by atoms with Crippen LogP contribution in [-0.2, 0) is 6.18 Å². The minimum atomic E-state index is -4.46. The quantitative estimate of drug-likeness (QED) is 0.715. The van der Waals surface area contributed by atoms with Gasteiger partial charge in [-0.3, -0.25) is 4.79 Å². The van der Waals surface area contributed by atoms with Gasteiger partial charge in [-0.15, -0.1) is 0 Å². The lowest BCUT2D eigenvalue weighted by Crippen LogP contribution is -2.31. The normalized spacial score (nSPS) is 17.0. The number of carbonyl (C=O) groups is 1. The number of alkyl halides is 3. The van der Waals surface area contributed by atoms with Gasteiger partial charge in [-0.2, -0.15) is 13.2 Å². The number of nitrogens with zero attached hydrogens (tertiary/aromatic N) is 2. The summed E-state index contributed by atoms with van der Waals surface area (Å²) in [5, 5.41) is 0.884. The summed E-state index contributed by atoms with van der Waals surface area (Å²) in [6.07, 6.45) is -3.30. The molecule has 1 atom stereocenters. The van der Waals surface area contributed by atoms with Crippen LogP contribution in [-0.4, -0.2) is 47.1 Å². The number of benzene rings is 1. The molecule has 0 saturated carbocycles. The van der Waals surface area contributed by atoms with Crippen molar-refractivity contribution in [3.8, 4) is 11.6 Å². The van der Waals surface area contributed by atoms with Crippen LogP contribution in [0, 0.1) is 0 Å². The molecular formula is C20H18F3N3O3. The fourth-order valence-electron chi connectivity index (χ4n) is 3.35. The number of rotatable bonds is 4. The third-order valence-electron chi connectivity index (χ3n) is 4.84. The Hall–Kier alpha value is -3.23. The predicted octanol–water partition coefficient (Wildman–Crippen LogP) is 3.88. The molecular weight excluding hydrogens is 387 g/mol. The summed E-state index contributed by atoms with van der Waals surface area (Å²) in [4.78, 5) is 21.3. The van der Waals surface area contributed by atoms with E-state index in [2.05, 4.69) is 9.97 Å². The van der Waals surface area contributed by atoms with Crippen molar-refractivity contribution in [2.24, 2.45) is 0 Å². The van der Waals surface area contributed by atoms with Crippen molar-refractivity contribution in [2.75, 3.05) is 20.2 Å². The molecule has 0 aliphatic carbocycles. The summed E-state index contributed by atoms with van der Waals surface area (Å²) in [5.74, 6) is 0.390. The lowest BCUT2D eigenvalue weighted by Gasteiger charge is -2.16. The maximum absolute atomic E-state index is 12.8. The summed E-state index contributed by atoms with van der Waals surface area (Å²) in [7, 11) is 1.57. The van der Waals surface area contributed by atoms with Crippen LogP contribution in [0.25, 0.3) is 10.9 Å². The molecule has 0 spiro atoms. The molecule has 4 rings (SSSR count). The number of H-pyrrole nitrogens is 1. The van der Waals surface area contributed by atoms with Crippen LogP contribution in [0.4, 0.5) is 13.2 Å². The number of methoxy groups -OCH3 is 1. The highest BCUT2D eigenvalue weighted by Crippen LogP contribution is 2.31. The number of likely N-dealkylation sites (tertiary alicyclic amines) is 1. The molecule has 1 fully saturated rings. The molecule has 1 aromatic carbocycles. The number of aromatic amines is 1. The number of carbonyl (C=O) groups excluding carboxylic acids is 1. The molecule has 1 N–H and O–H groups in total. The van der Waals surface area contributed by atoms with E-state index in [0.29, 0.717) is 24.4 Å². The van der Waals surface area contributed by atoms with E-state index >= 15 is 0 Å².